The fourth-order valence-corrected chi connectivity index (χ4v) is 2.27. The van der Waals surface area contributed by atoms with Gasteiger partial charge in [0.2, 0.25) is 11.8 Å². The molecule has 1 saturated heterocycles. The van der Waals surface area contributed by atoms with Gasteiger partial charge in [0.1, 0.15) is 6.54 Å². The van der Waals surface area contributed by atoms with E-state index < -0.39 is 0 Å². The molecule has 1 aromatic carbocycles. The third kappa shape index (κ3) is 3.44. The van der Waals surface area contributed by atoms with E-state index >= 15 is 0 Å². The second-order valence-electron chi connectivity index (χ2n) is 4.41. The molecular weight excluding hydrogens is 308 g/mol. The number of hydrogen-bond acceptors (Lipinski definition) is 2. The SMILES string of the molecule is C=CC(=O)N1CCN(Cc2ccc(Br)cc2)C(=O)C1. The fraction of sp³-hybridized carbons (Fsp3) is 0.286. The van der Waals surface area contributed by atoms with Crippen LogP contribution in [0.25, 0.3) is 0 Å². The zero-order valence-electron chi connectivity index (χ0n) is 10.5. The van der Waals surface area contributed by atoms with Crippen molar-refractivity contribution in [2.24, 2.45) is 0 Å². The summed E-state index contributed by atoms with van der Waals surface area (Å²) in [7, 11) is 0. The molecule has 0 unspecified atom stereocenters. The highest BCUT2D eigenvalue weighted by atomic mass is 79.9. The fourth-order valence-electron chi connectivity index (χ4n) is 2.00. The third-order valence-corrected chi connectivity index (χ3v) is 3.62. The number of carbonyl (C=O) groups excluding carboxylic acids is 2. The Balaban J connectivity index is 1.97. The van der Waals surface area contributed by atoms with Crippen molar-refractivity contribution in [2.45, 2.75) is 6.54 Å². The molecule has 19 heavy (non-hydrogen) atoms. The summed E-state index contributed by atoms with van der Waals surface area (Å²) in [5.41, 5.74) is 1.08. The zero-order chi connectivity index (χ0) is 13.8. The van der Waals surface area contributed by atoms with E-state index in [4.69, 9.17) is 0 Å². The van der Waals surface area contributed by atoms with E-state index in [2.05, 4.69) is 22.5 Å². The zero-order valence-corrected chi connectivity index (χ0v) is 12.1. The molecule has 1 heterocycles. The van der Waals surface area contributed by atoms with Crippen molar-refractivity contribution < 1.29 is 9.59 Å². The average molecular weight is 323 g/mol. The van der Waals surface area contributed by atoms with Crippen molar-refractivity contribution in [3.8, 4) is 0 Å². The van der Waals surface area contributed by atoms with Crippen molar-refractivity contribution in [1.29, 1.82) is 0 Å². The van der Waals surface area contributed by atoms with Gasteiger partial charge in [-0.1, -0.05) is 34.6 Å². The molecule has 1 aliphatic rings. The summed E-state index contributed by atoms with van der Waals surface area (Å²) < 4.78 is 1.02. The lowest BCUT2D eigenvalue weighted by Gasteiger charge is -2.33. The van der Waals surface area contributed by atoms with Crippen molar-refractivity contribution >= 4 is 27.7 Å². The van der Waals surface area contributed by atoms with Crippen LogP contribution in [0, 0.1) is 0 Å². The first-order chi connectivity index (χ1) is 9.10. The lowest BCUT2D eigenvalue weighted by molar-refractivity contribution is -0.143. The quantitative estimate of drug-likeness (QED) is 0.796. The number of amides is 2. The average Bonchev–Trinajstić information content (AvgIpc) is 2.42. The number of nitrogens with zero attached hydrogens (tertiary/aromatic N) is 2. The molecule has 100 valence electrons. The number of carbonyl (C=O) groups is 2. The Kier molecular flexibility index (Phi) is 4.37. The minimum Gasteiger partial charge on any atom is -0.335 e. The van der Waals surface area contributed by atoms with Crippen LogP contribution in [0.15, 0.2) is 41.4 Å². The smallest absolute Gasteiger partial charge is 0.246 e. The molecule has 1 fully saturated rings. The molecule has 0 saturated carbocycles. The van der Waals surface area contributed by atoms with Crippen molar-refractivity contribution in [1.82, 2.24) is 9.80 Å². The Morgan fingerprint density at radius 3 is 2.58 bits per heavy atom. The minimum absolute atomic E-state index is 0.0237. The molecule has 0 atom stereocenters. The van der Waals surface area contributed by atoms with Gasteiger partial charge in [-0.25, -0.2) is 0 Å². The molecule has 0 radical (unpaired) electrons. The highest BCUT2D eigenvalue weighted by Gasteiger charge is 2.25. The Morgan fingerprint density at radius 1 is 1.32 bits per heavy atom. The van der Waals surface area contributed by atoms with Crippen LogP contribution < -0.4 is 0 Å². The first kappa shape index (κ1) is 13.8. The highest BCUT2D eigenvalue weighted by molar-refractivity contribution is 9.10. The number of piperazine rings is 1. The Bertz CT molecular complexity index is 499. The first-order valence-corrected chi connectivity index (χ1v) is 6.83. The lowest BCUT2D eigenvalue weighted by atomic mass is 10.2. The summed E-state index contributed by atoms with van der Waals surface area (Å²) >= 11 is 3.38. The summed E-state index contributed by atoms with van der Waals surface area (Å²) in [5, 5.41) is 0. The molecular formula is C14H15BrN2O2. The number of halogens is 1. The molecule has 2 rings (SSSR count). The van der Waals surface area contributed by atoms with Crippen LogP contribution in [0.3, 0.4) is 0 Å². The van der Waals surface area contributed by atoms with E-state index in [0.717, 1.165) is 10.0 Å². The van der Waals surface area contributed by atoms with Gasteiger partial charge in [0.25, 0.3) is 0 Å². The molecule has 1 aliphatic heterocycles. The predicted octanol–water partition coefficient (Wildman–Crippen LogP) is 1.81. The van der Waals surface area contributed by atoms with Crippen LogP contribution in [0.4, 0.5) is 0 Å². The van der Waals surface area contributed by atoms with Crippen molar-refractivity contribution in [3.05, 3.63) is 47.0 Å². The van der Waals surface area contributed by atoms with Crippen molar-refractivity contribution in [2.75, 3.05) is 19.6 Å². The van der Waals surface area contributed by atoms with E-state index in [1.165, 1.54) is 11.0 Å². The van der Waals surface area contributed by atoms with E-state index in [9.17, 15) is 9.59 Å². The molecule has 0 aliphatic carbocycles. The molecule has 2 amide bonds. The molecule has 0 aromatic heterocycles. The van der Waals surface area contributed by atoms with Gasteiger partial charge in [0.15, 0.2) is 0 Å². The largest absolute Gasteiger partial charge is 0.335 e. The topological polar surface area (TPSA) is 40.6 Å². The molecule has 0 bridgehead atoms. The summed E-state index contributed by atoms with van der Waals surface area (Å²) in [6.07, 6.45) is 1.25. The Labute approximate surface area is 120 Å². The maximum atomic E-state index is 12.0. The molecule has 0 N–H and O–H groups in total. The summed E-state index contributed by atoms with van der Waals surface area (Å²) in [4.78, 5) is 26.7. The summed E-state index contributed by atoms with van der Waals surface area (Å²) in [5.74, 6) is -0.207. The molecule has 5 heteroatoms. The Hall–Kier alpha value is -1.62. The van der Waals surface area contributed by atoms with Crippen LogP contribution in [0.5, 0.6) is 0 Å². The molecule has 0 spiro atoms. The van der Waals surface area contributed by atoms with Gasteiger partial charge in [0, 0.05) is 24.1 Å². The number of hydrogen-bond donors (Lipinski definition) is 0. The van der Waals surface area contributed by atoms with Crippen molar-refractivity contribution in [3.63, 3.8) is 0 Å². The maximum absolute atomic E-state index is 12.0. The maximum Gasteiger partial charge on any atom is 0.246 e. The molecule has 4 nitrogen and oxygen atoms in total. The second-order valence-corrected chi connectivity index (χ2v) is 5.32. The van der Waals surface area contributed by atoms with Crippen LogP contribution >= 0.6 is 15.9 Å². The van der Waals surface area contributed by atoms with Gasteiger partial charge in [-0.2, -0.15) is 0 Å². The minimum atomic E-state index is -0.184. The Morgan fingerprint density at radius 2 is 2.00 bits per heavy atom. The van der Waals surface area contributed by atoms with Crippen LogP contribution in [-0.4, -0.2) is 41.2 Å². The summed E-state index contributed by atoms with van der Waals surface area (Å²) in [6, 6.07) is 7.88. The van der Waals surface area contributed by atoms with E-state index in [1.807, 2.05) is 24.3 Å². The number of rotatable bonds is 3. The monoisotopic (exact) mass is 322 g/mol. The predicted molar refractivity (Wildman–Crippen MR) is 76.3 cm³/mol. The van der Waals surface area contributed by atoms with Crippen LogP contribution in [0.1, 0.15) is 5.56 Å². The third-order valence-electron chi connectivity index (χ3n) is 3.09. The van der Waals surface area contributed by atoms with Crippen LogP contribution in [-0.2, 0) is 16.1 Å². The van der Waals surface area contributed by atoms with E-state index in [1.54, 1.807) is 4.90 Å². The van der Waals surface area contributed by atoms with Gasteiger partial charge in [0.05, 0.1) is 0 Å². The summed E-state index contributed by atoms with van der Waals surface area (Å²) in [6.45, 7) is 5.29. The molecule has 1 aromatic rings. The van der Waals surface area contributed by atoms with Gasteiger partial charge in [-0.15, -0.1) is 0 Å². The normalized spacial score (nSPS) is 15.5. The van der Waals surface area contributed by atoms with E-state index in [-0.39, 0.29) is 18.4 Å². The van der Waals surface area contributed by atoms with Gasteiger partial charge < -0.3 is 9.80 Å². The second kappa shape index (κ2) is 6.02. The van der Waals surface area contributed by atoms with E-state index in [0.29, 0.717) is 19.6 Å². The van der Waals surface area contributed by atoms with Gasteiger partial charge in [-0.3, -0.25) is 9.59 Å². The number of benzene rings is 1. The van der Waals surface area contributed by atoms with Gasteiger partial charge >= 0.3 is 0 Å². The van der Waals surface area contributed by atoms with Gasteiger partial charge in [-0.05, 0) is 23.8 Å². The highest BCUT2D eigenvalue weighted by Crippen LogP contribution is 2.14. The first-order valence-electron chi connectivity index (χ1n) is 6.03. The standard InChI is InChI=1S/C14H15BrN2O2/c1-2-13(18)17-8-7-16(14(19)10-17)9-11-3-5-12(15)6-4-11/h2-6H,1,7-10H2. The van der Waals surface area contributed by atoms with Crippen LogP contribution in [0.2, 0.25) is 0 Å². The lowest BCUT2D eigenvalue weighted by Crippen LogP contribution is -2.51.